The van der Waals surface area contributed by atoms with Crippen LogP contribution in [-0.2, 0) is 4.79 Å². The molecule has 0 saturated heterocycles. The van der Waals surface area contributed by atoms with Gasteiger partial charge in [0.1, 0.15) is 12.1 Å². The summed E-state index contributed by atoms with van der Waals surface area (Å²) in [5, 5.41) is 0. The molecule has 0 saturated carbocycles. The van der Waals surface area contributed by atoms with E-state index in [2.05, 4.69) is 15.9 Å². The van der Waals surface area contributed by atoms with Gasteiger partial charge in [-0.1, -0.05) is 22.0 Å². The predicted octanol–water partition coefficient (Wildman–Crippen LogP) is 2.80. The number of benzene rings is 1. The molecule has 12 heavy (non-hydrogen) atoms. The van der Waals surface area contributed by atoms with Crippen LogP contribution in [0.5, 0.6) is 0 Å². The molecule has 62 valence electrons. The second kappa shape index (κ2) is 4.16. The van der Waals surface area contributed by atoms with Crippen LogP contribution in [0.3, 0.4) is 0 Å². The number of carbonyl (C=O) groups excluding carboxylic acids is 1. The highest BCUT2D eigenvalue weighted by molar-refractivity contribution is 9.10. The maximum Gasteiger partial charge on any atom is 0.142 e. The highest BCUT2D eigenvalue weighted by Crippen LogP contribution is 2.15. The van der Waals surface area contributed by atoms with Crippen molar-refractivity contribution in [1.82, 2.24) is 0 Å². The fourth-order valence-electron chi connectivity index (χ4n) is 0.780. The summed E-state index contributed by atoms with van der Waals surface area (Å²) in [6.07, 6.45) is 3.29. The van der Waals surface area contributed by atoms with Crippen molar-refractivity contribution < 1.29 is 9.18 Å². The van der Waals surface area contributed by atoms with Crippen molar-refractivity contribution in [2.45, 2.75) is 0 Å². The Hall–Kier alpha value is -0.960. The third-order valence-corrected chi connectivity index (χ3v) is 1.81. The van der Waals surface area contributed by atoms with E-state index in [0.29, 0.717) is 16.3 Å². The molecule has 0 unspecified atom stereocenters. The first-order valence-electron chi connectivity index (χ1n) is 3.31. The van der Waals surface area contributed by atoms with Crippen LogP contribution >= 0.6 is 15.9 Å². The van der Waals surface area contributed by atoms with E-state index < -0.39 is 0 Å². The molecule has 0 bridgehead atoms. The Bertz CT molecular complexity index is 320. The fraction of sp³-hybridized carbons (Fsp3) is 0. The van der Waals surface area contributed by atoms with Crippen LogP contribution in [0, 0.1) is 5.82 Å². The van der Waals surface area contributed by atoms with Crippen LogP contribution < -0.4 is 0 Å². The topological polar surface area (TPSA) is 17.1 Å². The summed E-state index contributed by atoms with van der Waals surface area (Å²) in [6, 6.07) is 4.66. The number of hydrogen-bond acceptors (Lipinski definition) is 1. The zero-order valence-electron chi connectivity index (χ0n) is 6.13. The third-order valence-electron chi connectivity index (χ3n) is 1.32. The molecular weight excluding hydrogens is 223 g/mol. The first-order valence-corrected chi connectivity index (χ1v) is 4.10. The summed E-state index contributed by atoms with van der Waals surface area (Å²) in [5.74, 6) is -0.345. The van der Waals surface area contributed by atoms with Crippen molar-refractivity contribution in [3.63, 3.8) is 0 Å². The minimum Gasteiger partial charge on any atom is -0.299 e. The lowest BCUT2D eigenvalue weighted by Gasteiger charge is -1.95. The Kier molecular flexibility index (Phi) is 3.17. The van der Waals surface area contributed by atoms with Gasteiger partial charge < -0.3 is 0 Å². The van der Waals surface area contributed by atoms with Crippen molar-refractivity contribution in [3.05, 3.63) is 40.1 Å². The van der Waals surface area contributed by atoms with E-state index >= 15 is 0 Å². The highest BCUT2D eigenvalue weighted by Gasteiger charge is 1.97. The van der Waals surface area contributed by atoms with Gasteiger partial charge in [-0.25, -0.2) is 4.39 Å². The van der Waals surface area contributed by atoms with E-state index in [0.717, 1.165) is 0 Å². The van der Waals surface area contributed by atoms with Gasteiger partial charge >= 0.3 is 0 Å². The summed E-state index contributed by atoms with van der Waals surface area (Å²) < 4.78 is 13.7. The molecule has 0 heterocycles. The van der Waals surface area contributed by atoms with E-state index in [1.54, 1.807) is 12.1 Å². The van der Waals surface area contributed by atoms with Crippen molar-refractivity contribution >= 4 is 28.3 Å². The van der Waals surface area contributed by atoms with Crippen molar-refractivity contribution in [1.29, 1.82) is 0 Å². The summed E-state index contributed by atoms with van der Waals surface area (Å²) >= 11 is 3.13. The van der Waals surface area contributed by atoms with E-state index in [-0.39, 0.29) is 5.82 Å². The molecule has 0 N–H and O–H groups in total. The molecule has 1 rings (SSSR count). The second-order valence-electron chi connectivity index (χ2n) is 2.16. The molecular formula is C9H6BrFO. The molecule has 0 amide bonds. The van der Waals surface area contributed by atoms with Crippen LogP contribution in [0.15, 0.2) is 28.7 Å². The average molecular weight is 229 g/mol. The molecule has 0 aliphatic carbocycles. The molecule has 3 heteroatoms. The summed E-state index contributed by atoms with van der Waals surface area (Å²) in [4.78, 5) is 9.94. The van der Waals surface area contributed by atoms with Crippen LogP contribution in [-0.4, -0.2) is 6.29 Å². The smallest absolute Gasteiger partial charge is 0.142 e. The van der Waals surface area contributed by atoms with Gasteiger partial charge in [0.2, 0.25) is 0 Å². The van der Waals surface area contributed by atoms with Gasteiger partial charge in [0.05, 0.1) is 0 Å². The Balaban J connectivity index is 3.01. The van der Waals surface area contributed by atoms with Gasteiger partial charge in [0.15, 0.2) is 0 Å². The van der Waals surface area contributed by atoms with E-state index in [1.807, 2.05) is 0 Å². The molecule has 0 aliphatic rings. The van der Waals surface area contributed by atoms with Crippen LogP contribution in [0.1, 0.15) is 5.56 Å². The predicted molar refractivity (Wildman–Crippen MR) is 49.2 cm³/mol. The van der Waals surface area contributed by atoms with Gasteiger partial charge in [-0.15, -0.1) is 0 Å². The average Bonchev–Trinajstić information content (AvgIpc) is 2.03. The number of hydrogen-bond donors (Lipinski definition) is 0. The molecule has 1 aromatic carbocycles. The zero-order valence-corrected chi connectivity index (χ0v) is 7.71. The Morgan fingerprint density at radius 1 is 1.42 bits per heavy atom. The molecule has 1 aromatic rings. The van der Waals surface area contributed by atoms with Crippen LogP contribution in [0.25, 0.3) is 6.08 Å². The lowest BCUT2D eigenvalue weighted by molar-refractivity contribution is -0.104. The summed E-state index contributed by atoms with van der Waals surface area (Å²) in [6.45, 7) is 0. The number of halogens is 2. The zero-order chi connectivity index (χ0) is 8.97. The third kappa shape index (κ3) is 2.27. The first-order chi connectivity index (χ1) is 5.74. The SMILES string of the molecule is O=C/C=C/c1ccc(Br)cc1F. The van der Waals surface area contributed by atoms with Gasteiger partial charge in [-0.05, 0) is 24.3 Å². The lowest BCUT2D eigenvalue weighted by atomic mass is 10.2. The quantitative estimate of drug-likeness (QED) is 0.562. The van der Waals surface area contributed by atoms with Gasteiger partial charge in [0.25, 0.3) is 0 Å². The van der Waals surface area contributed by atoms with Crippen LogP contribution in [0.2, 0.25) is 0 Å². The molecule has 0 radical (unpaired) electrons. The lowest BCUT2D eigenvalue weighted by Crippen LogP contribution is -1.80. The van der Waals surface area contributed by atoms with E-state index in [4.69, 9.17) is 0 Å². The van der Waals surface area contributed by atoms with Crippen molar-refractivity contribution in [2.24, 2.45) is 0 Å². The maximum absolute atomic E-state index is 13.0. The van der Waals surface area contributed by atoms with Gasteiger partial charge in [0, 0.05) is 10.0 Å². The maximum atomic E-state index is 13.0. The Morgan fingerprint density at radius 2 is 2.17 bits per heavy atom. The number of aldehydes is 1. The standard InChI is InChI=1S/C9H6BrFO/c10-8-4-3-7(2-1-5-12)9(11)6-8/h1-6H/b2-1+. The van der Waals surface area contributed by atoms with Crippen molar-refractivity contribution in [2.75, 3.05) is 0 Å². The largest absolute Gasteiger partial charge is 0.299 e. The Labute approximate surface area is 78.0 Å². The van der Waals surface area contributed by atoms with E-state index in [9.17, 15) is 9.18 Å². The normalized spacial score (nSPS) is 10.5. The number of rotatable bonds is 2. The fourth-order valence-corrected chi connectivity index (χ4v) is 1.11. The molecule has 0 spiro atoms. The number of carbonyl (C=O) groups is 1. The molecule has 0 fully saturated rings. The Morgan fingerprint density at radius 3 is 2.75 bits per heavy atom. The summed E-state index contributed by atoms with van der Waals surface area (Å²) in [7, 11) is 0. The summed E-state index contributed by atoms with van der Waals surface area (Å²) in [5.41, 5.74) is 0.408. The van der Waals surface area contributed by atoms with Gasteiger partial charge in [-0.2, -0.15) is 0 Å². The first kappa shape index (κ1) is 9.13. The minimum atomic E-state index is -0.345. The monoisotopic (exact) mass is 228 g/mol. The van der Waals surface area contributed by atoms with E-state index in [1.165, 1.54) is 18.2 Å². The van der Waals surface area contributed by atoms with Crippen LogP contribution in [0.4, 0.5) is 4.39 Å². The molecule has 0 aliphatic heterocycles. The molecule has 0 atom stereocenters. The molecule has 1 nitrogen and oxygen atoms in total. The van der Waals surface area contributed by atoms with Gasteiger partial charge in [-0.3, -0.25) is 4.79 Å². The highest BCUT2D eigenvalue weighted by atomic mass is 79.9. The second-order valence-corrected chi connectivity index (χ2v) is 3.08. The number of allylic oxidation sites excluding steroid dienone is 1. The van der Waals surface area contributed by atoms with Crippen molar-refractivity contribution in [3.8, 4) is 0 Å². The molecule has 0 aromatic heterocycles. The minimum absolute atomic E-state index is 0.345.